The Morgan fingerprint density at radius 2 is 1.40 bits per heavy atom. The first-order valence-electron chi connectivity index (χ1n) is 11.2. The first-order chi connectivity index (χ1) is 14.5. The van der Waals surface area contributed by atoms with E-state index in [0.29, 0.717) is 25.8 Å². The maximum absolute atomic E-state index is 12.9. The van der Waals surface area contributed by atoms with E-state index in [1.807, 2.05) is 14.1 Å². The fraction of sp³-hybridized carbons (Fsp3) is 0.857. The van der Waals surface area contributed by atoms with Gasteiger partial charge >= 0.3 is 0 Å². The summed E-state index contributed by atoms with van der Waals surface area (Å²) < 4.78 is 0. The summed E-state index contributed by atoms with van der Waals surface area (Å²) in [7, 11) is 5.51. The second-order valence-electron chi connectivity index (χ2n) is 7.64. The lowest BCUT2D eigenvalue weighted by Gasteiger charge is -2.25. The van der Waals surface area contributed by atoms with Gasteiger partial charge in [-0.1, -0.05) is 6.42 Å². The van der Waals surface area contributed by atoms with Gasteiger partial charge in [-0.3, -0.25) is 9.59 Å². The number of nitrogens with two attached hydrogens (primary N) is 1. The fourth-order valence-electron chi connectivity index (χ4n) is 3.28. The van der Waals surface area contributed by atoms with E-state index in [9.17, 15) is 14.4 Å². The monoisotopic (exact) mass is 428 g/mol. The molecule has 9 heteroatoms. The molecular weight excluding hydrogens is 384 g/mol. The van der Waals surface area contributed by atoms with Gasteiger partial charge in [-0.25, -0.2) is 0 Å². The van der Waals surface area contributed by atoms with Gasteiger partial charge in [0.15, 0.2) is 0 Å². The number of nitrogens with one attached hydrogen (secondary N) is 5. The van der Waals surface area contributed by atoms with Gasteiger partial charge < -0.3 is 37.1 Å². The Morgan fingerprint density at radius 3 is 2.00 bits per heavy atom. The number of carbonyl (C=O) groups is 3. The number of hydrogen-bond acceptors (Lipinski definition) is 7. The summed E-state index contributed by atoms with van der Waals surface area (Å²) in [5, 5.41) is 15.1. The molecule has 7 N–H and O–H groups in total. The average Bonchev–Trinajstić information content (AvgIpc) is 2.73. The molecule has 30 heavy (non-hydrogen) atoms. The van der Waals surface area contributed by atoms with Crippen molar-refractivity contribution in [2.75, 3.05) is 40.8 Å². The van der Waals surface area contributed by atoms with Crippen LogP contribution < -0.4 is 32.3 Å². The number of unbranched alkanes of at least 4 members (excludes halogenated alkanes) is 2. The van der Waals surface area contributed by atoms with Crippen molar-refractivity contribution in [3.8, 4) is 0 Å². The summed E-state index contributed by atoms with van der Waals surface area (Å²) >= 11 is 0. The highest BCUT2D eigenvalue weighted by molar-refractivity contribution is 5.90. The summed E-state index contributed by atoms with van der Waals surface area (Å²) in [6.07, 6.45) is 7.35. The Morgan fingerprint density at radius 1 is 0.800 bits per heavy atom. The summed E-state index contributed by atoms with van der Waals surface area (Å²) in [5.74, 6) is -0.397. The van der Waals surface area contributed by atoms with Crippen molar-refractivity contribution in [1.29, 1.82) is 0 Å². The Labute approximate surface area is 182 Å². The van der Waals surface area contributed by atoms with Crippen molar-refractivity contribution in [2.24, 2.45) is 5.73 Å². The Kier molecular flexibility index (Phi) is 18.4. The predicted octanol–water partition coefficient (Wildman–Crippen LogP) is -0.349. The summed E-state index contributed by atoms with van der Waals surface area (Å²) in [4.78, 5) is 36.7. The van der Waals surface area contributed by atoms with Crippen LogP contribution in [0.3, 0.4) is 0 Å². The average molecular weight is 429 g/mol. The highest BCUT2D eigenvalue weighted by Crippen LogP contribution is 2.07. The van der Waals surface area contributed by atoms with Crippen molar-refractivity contribution in [2.45, 2.75) is 75.9 Å². The van der Waals surface area contributed by atoms with E-state index in [4.69, 9.17) is 5.73 Å². The first-order valence-corrected chi connectivity index (χ1v) is 11.2. The minimum absolute atomic E-state index is 0.176. The molecule has 0 aliphatic rings. The number of rotatable bonds is 20. The van der Waals surface area contributed by atoms with E-state index >= 15 is 0 Å². The molecule has 9 nitrogen and oxygen atoms in total. The molecule has 0 aliphatic carbocycles. The third kappa shape index (κ3) is 13.6. The quantitative estimate of drug-likeness (QED) is 0.115. The largest absolute Gasteiger partial charge is 0.351 e. The van der Waals surface area contributed by atoms with Crippen LogP contribution in [0.1, 0.15) is 57.8 Å². The highest BCUT2D eigenvalue weighted by atomic mass is 16.2. The molecule has 3 atom stereocenters. The molecule has 176 valence electrons. The van der Waals surface area contributed by atoms with Gasteiger partial charge in [0.25, 0.3) is 0 Å². The molecule has 0 saturated carbocycles. The molecule has 0 fully saturated rings. The van der Waals surface area contributed by atoms with Gasteiger partial charge in [-0.2, -0.15) is 0 Å². The first kappa shape index (κ1) is 28.5. The second-order valence-corrected chi connectivity index (χ2v) is 7.64. The minimum atomic E-state index is -0.613. The fourth-order valence-corrected chi connectivity index (χ4v) is 3.28. The van der Waals surface area contributed by atoms with Crippen LogP contribution in [0, 0.1) is 0 Å². The van der Waals surface area contributed by atoms with Crippen molar-refractivity contribution in [3.63, 3.8) is 0 Å². The smallest absolute Gasteiger partial charge is 0.242 e. The molecule has 2 amide bonds. The van der Waals surface area contributed by atoms with Gasteiger partial charge in [0.2, 0.25) is 11.8 Å². The molecule has 0 spiro atoms. The SMILES string of the molecule is CNCCCCC(NC(=O)C(CCCCN)NC)C(=O)NC(CC=O)CCCNC. The topological polar surface area (TPSA) is 137 Å². The van der Waals surface area contributed by atoms with Gasteiger partial charge in [0.1, 0.15) is 12.3 Å². The van der Waals surface area contributed by atoms with Crippen LogP contribution in [0.2, 0.25) is 0 Å². The van der Waals surface area contributed by atoms with Gasteiger partial charge in [0, 0.05) is 12.5 Å². The maximum Gasteiger partial charge on any atom is 0.242 e. The van der Waals surface area contributed by atoms with E-state index in [2.05, 4.69) is 26.6 Å². The maximum atomic E-state index is 12.9. The second kappa shape index (κ2) is 19.4. The molecule has 0 aromatic heterocycles. The molecule has 3 unspecified atom stereocenters. The van der Waals surface area contributed by atoms with E-state index in [0.717, 1.165) is 51.5 Å². The zero-order valence-corrected chi connectivity index (χ0v) is 19.1. The Balaban J connectivity index is 4.97. The molecule has 0 radical (unpaired) electrons. The third-order valence-corrected chi connectivity index (χ3v) is 5.12. The van der Waals surface area contributed by atoms with Crippen LogP contribution in [-0.2, 0) is 14.4 Å². The minimum Gasteiger partial charge on any atom is -0.351 e. The third-order valence-electron chi connectivity index (χ3n) is 5.12. The van der Waals surface area contributed by atoms with Crippen molar-refractivity contribution >= 4 is 18.1 Å². The molecular formula is C21H44N6O3. The van der Waals surface area contributed by atoms with Crippen molar-refractivity contribution in [1.82, 2.24) is 26.6 Å². The zero-order valence-electron chi connectivity index (χ0n) is 19.1. The van der Waals surface area contributed by atoms with E-state index in [-0.39, 0.29) is 30.3 Å². The molecule has 0 saturated heterocycles. The van der Waals surface area contributed by atoms with Crippen LogP contribution in [-0.4, -0.2) is 77.0 Å². The molecule has 0 bridgehead atoms. The van der Waals surface area contributed by atoms with Crippen LogP contribution in [0.25, 0.3) is 0 Å². The predicted molar refractivity (Wildman–Crippen MR) is 121 cm³/mol. The van der Waals surface area contributed by atoms with Gasteiger partial charge in [-0.05, 0) is 85.7 Å². The lowest BCUT2D eigenvalue weighted by Crippen LogP contribution is -2.53. The Hall–Kier alpha value is -1.55. The zero-order chi connectivity index (χ0) is 22.6. The van der Waals surface area contributed by atoms with E-state index in [1.165, 1.54) is 0 Å². The number of aldehydes is 1. The number of carbonyl (C=O) groups excluding carboxylic acids is 3. The number of hydrogen-bond donors (Lipinski definition) is 6. The molecule has 0 rings (SSSR count). The summed E-state index contributed by atoms with van der Waals surface area (Å²) in [6, 6.07) is -1.19. The standard InChI is InChI=1S/C21H44N6O3/c1-23-14-7-5-11-19(27-20(29)18(25-3)10-4-6-13-22)21(30)26-17(12-16-28)9-8-15-24-2/h16-19,23-25H,4-15,22H2,1-3H3,(H,26,30)(H,27,29). The van der Waals surface area contributed by atoms with Crippen LogP contribution >= 0.6 is 0 Å². The number of amides is 2. The summed E-state index contributed by atoms with van der Waals surface area (Å²) in [5.41, 5.74) is 5.54. The van der Waals surface area contributed by atoms with E-state index in [1.54, 1.807) is 7.05 Å². The van der Waals surface area contributed by atoms with Crippen molar-refractivity contribution in [3.05, 3.63) is 0 Å². The summed E-state index contributed by atoms with van der Waals surface area (Å²) in [6.45, 7) is 2.28. The molecule has 0 aromatic rings. The van der Waals surface area contributed by atoms with E-state index < -0.39 is 6.04 Å². The van der Waals surface area contributed by atoms with Crippen LogP contribution in [0.15, 0.2) is 0 Å². The molecule has 0 aromatic carbocycles. The van der Waals surface area contributed by atoms with Gasteiger partial charge in [-0.15, -0.1) is 0 Å². The van der Waals surface area contributed by atoms with Crippen LogP contribution in [0.5, 0.6) is 0 Å². The molecule has 0 aliphatic heterocycles. The normalized spacial score (nSPS) is 14.0. The number of likely N-dealkylation sites (N-methyl/N-ethyl adjacent to an activating group) is 1. The van der Waals surface area contributed by atoms with Gasteiger partial charge in [0.05, 0.1) is 6.04 Å². The lowest BCUT2D eigenvalue weighted by atomic mass is 10.0. The molecule has 0 heterocycles. The highest BCUT2D eigenvalue weighted by Gasteiger charge is 2.25. The van der Waals surface area contributed by atoms with Crippen molar-refractivity contribution < 1.29 is 14.4 Å². The van der Waals surface area contributed by atoms with Crippen LogP contribution in [0.4, 0.5) is 0 Å². The Bertz CT molecular complexity index is 464. The lowest BCUT2D eigenvalue weighted by molar-refractivity contribution is -0.130.